The molecule has 0 unspecified atom stereocenters. The van der Waals surface area contributed by atoms with Crippen LogP contribution in [-0.4, -0.2) is 13.7 Å². The van der Waals surface area contributed by atoms with Gasteiger partial charge in [0.15, 0.2) is 11.5 Å². The molecule has 0 amide bonds. The molecule has 136 valence electrons. The SMILES string of the molecule is CCCCCNCc1cc(Cl)c(OCc2ccccc2F)c(OC)c1. The van der Waals surface area contributed by atoms with Crippen molar-refractivity contribution in [2.75, 3.05) is 13.7 Å². The second kappa shape index (κ2) is 10.3. The van der Waals surface area contributed by atoms with E-state index in [0.29, 0.717) is 28.6 Å². The minimum absolute atomic E-state index is 0.0946. The highest BCUT2D eigenvalue weighted by molar-refractivity contribution is 6.32. The van der Waals surface area contributed by atoms with Gasteiger partial charge in [0.2, 0.25) is 0 Å². The first kappa shape index (κ1) is 19.5. The molecular weight excluding hydrogens is 341 g/mol. The van der Waals surface area contributed by atoms with Crippen molar-refractivity contribution in [3.05, 3.63) is 58.4 Å². The van der Waals surface area contributed by atoms with Crippen molar-refractivity contribution in [2.24, 2.45) is 0 Å². The Hall–Kier alpha value is -1.78. The Morgan fingerprint density at radius 2 is 1.96 bits per heavy atom. The minimum atomic E-state index is -0.300. The van der Waals surface area contributed by atoms with Crippen LogP contribution < -0.4 is 14.8 Å². The Morgan fingerprint density at radius 3 is 2.68 bits per heavy atom. The molecule has 2 rings (SSSR count). The summed E-state index contributed by atoms with van der Waals surface area (Å²) in [6, 6.07) is 10.3. The van der Waals surface area contributed by atoms with Gasteiger partial charge < -0.3 is 14.8 Å². The Labute approximate surface area is 154 Å². The van der Waals surface area contributed by atoms with Gasteiger partial charge in [-0.15, -0.1) is 0 Å². The lowest BCUT2D eigenvalue weighted by atomic mass is 10.2. The average molecular weight is 366 g/mol. The zero-order valence-corrected chi connectivity index (χ0v) is 15.5. The molecule has 3 nitrogen and oxygen atoms in total. The quantitative estimate of drug-likeness (QED) is 0.576. The van der Waals surface area contributed by atoms with Crippen molar-refractivity contribution >= 4 is 11.6 Å². The van der Waals surface area contributed by atoms with Crippen LogP contribution in [0, 0.1) is 5.82 Å². The van der Waals surface area contributed by atoms with Crippen LogP contribution in [0.3, 0.4) is 0 Å². The molecule has 1 N–H and O–H groups in total. The third kappa shape index (κ3) is 5.91. The van der Waals surface area contributed by atoms with Gasteiger partial charge in [-0.2, -0.15) is 0 Å². The fraction of sp³-hybridized carbons (Fsp3) is 0.400. The lowest BCUT2D eigenvalue weighted by Gasteiger charge is -2.15. The van der Waals surface area contributed by atoms with E-state index < -0.39 is 0 Å². The smallest absolute Gasteiger partial charge is 0.180 e. The number of methoxy groups -OCH3 is 1. The van der Waals surface area contributed by atoms with Gasteiger partial charge in [0.25, 0.3) is 0 Å². The van der Waals surface area contributed by atoms with Crippen LogP contribution in [0.25, 0.3) is 0 Å². The van der Waals surface area contributed by atoms with Gasteiger partial charge in [0.05, 0.1) is 12.1 Å². The molecule has 0 aliphatic carbocycles. The third-order valence-electron chi connectivity index (χ3n) is 3.91. The van der Waals surface area contributed by atoms with Crippen LogP contribution in [0.1, 0.15) is 37.3 Å². The molecule has 0 heterocycles. The molecule has 0 atom stereocenters. The molecule has 2 aromatic carbocycles. The van der Waals surface area contributed by atoms with Gasteiger partial charge in [-0.05, 0) is 36.7 Å². The van der Waals surface area contributed by atoms with Crippen molar-refractivity contribution in [3.8, 4) is 11.5 Å². The lowest BCUT2D eigenvalue weighted by molar-refractivity contribution is 0.279. The monoisotopic (exact) mass is 365 g/mol. The van der Waals surface area contributed by atoms with E-state index in [1.807, 2.05) is 12.1 Å². The molecule has 0 aliphatic heterocycles. The zero-order valence-electron chi connectivity index (χ0n) is 14.8. The number of halogens is 2. The van der Waals surface area contributed by atoms with Gasteiger partial charge in [-0.3, -0.25) is 0 Å². The predicted octanol–water partition coefficient (Wildman–Crippen LogP) is 5.35. The number of hydrogen-bond acceptors (Lipinski definition) is 3. The first-order valence-electron chi connectivity index (χ1n) is 8.59. The van der Waals surface area contributed by atoms with Gasteiger partial charge >= 0.3 is 0 Å². The zero-order chi connectivity index (χ0) is 18.1. The molecule has 0 aliphatic rings. The van der Waals surface area contributed by atoms with Crippen LogP contribution >= 0.6 is 11.6 Å². The standard InChI is InChI=1S/C20H25ClFNO2/c1-3-4-7-10-23-13-15-11-17(21)20(19(12-15)24-2)25-14-16-8-5-6-9-18(16)22/h5-6,8-9,11-12,23H,3-4,7,10,13-14H2,1-2H3. The maximum absolute atomic E-state index is 13.7. The largest absolute Gasteiger partial charge is 0.493 e. The molecular formula is C20H25ClFNO2. The van der Waals surface area contributed by atoms with Crippen LogP contribution in [0.15, 0.2) is 36.4 Å². The van der Waals surface area contributed by atoms with E-state index in [9.17, 15) is 4.39 Å². The van der Waals surface area contributed by atoms with Crippen LogP contribution in [0.4, 0.5) is 4.39 Å². The van der Waals surface area contributed by atoms with Crippen LogP contribution in [0.2, 0.25) is 5.02 Å². The van der Waals surface area contributed by atoms with Crippen LogP contribution in [-0.2, 0) is 13.2 Å². The summed E-state index contributed by atoms with van der Waals surface area (Å²) in [6.45, 7) is 3.97. The molecule has 25 heavy (non-hydrogen) atoms. The molecule has 0 radical (unpaired) electrons. The van der Waals surface area contributed by atoms with Crippen molar-refractivity contribution < 1.29 is 13.9 Å². The Kier molecular flexibility index (Phi) is 8.02. The van der Waals surface area contributed by atoms with E-state index in [-0.39, 0.29) is 12.4 Å². The molecule has 0 aromatic heterocycles. The van der Waals surface area contributed by atoms with Gasteiger partial charge in [-0.25, -0.2) is 4.39 Å². The van der Waals surface area contributed by atoms with Gasteiger partial charge in [-0.1, -0.05) is 49.6 Å². The summed E-state index contributed by atoms with van der Waals surface area (Å²) in [5.74, 6) is 0.682. The summed E-state index contributed by atoms with van der Waals surface area (Å²) in [5.41, 5.74) is 1.50. The molecule has 0 saturated carbocycles. The summed E-state index contributed by atoms with van der Waals surface area (Å²) in [5, 5.41) is 3.85. The number of benzene rings is 2. The molecule has 0 fully saturated rings. The van der Waals surface area contributed by atoms with Crippen molar-refractivity contribution in [1.82, 2.24) is 5.32 Å². The number of nitrogens with one attached hydrogen (secondary N) is 1. The number of unbranched alkanes of at least 4 members (excludes halogenated alkanes) is 2. The summed E-state index contributed by atoms with van der Waals surface area (Å²) in [4.78, 5) is 0. The number of rotatable bonds is 10. The van der Waals surface area contributed by atoms with Gasteiger partial charge in [0, 0.05) is 12.1 Å². The van der Waals surface area contributed by atoms with E-state index in [1.54, 1.807) is 25.3 Å². The van der Waals surface area contributed by atoms with E-state index in [1.165, 1.54) is 18.9 Å². The second-order valence-electron chi connectivity index (χ2n) is 5.87. The fourth-order valence-electron chi connectivity index (χ4n) is 2.51. The minimum Gasteiger partial charge on any atom is -0.493 e. The molecule has 0 saturated heterocycles. The molecule has 0 bridgehead atoms. The third-order valence-corrected chi connectivity index (χ3v) is 4.19. The predicted molar refractivity (Wildman–Crippen MR) is 100.0 cm³/mol. The summed E-state index contributed by atoms with van der Waals surface area (Å²) < 4.78 is 24.8. The topological polar surface area (TPSA) is 30.5 Å². The highest BCUT2D eigenvalue weighted by Crippen LogP contribution is 2.37. The maximum Gasteiger partial charge on any atom is 0.180 e. The molecule has 0 spiro atoms. The number of hydrogen-bond donors (Lipinski definition) is 1. The average Bonchev–Trinajstić information content (AvgIpc) is 2.61. The van der Waals surface area contributed by atoms with E-state index in [0.717, 1.165) is 18.5 Å². The first-order chi connectivity index (χ1) is 12.2. The van der Waals surface area contributed by atoms with Crippen molar-refractivity contribution in [2.45, 2.75) is 39.3 Å². The van der Waals surface area contributed by atoms with Crippen LogP contribution in [0.5, 0.6) is 11.5 Å². The van der Waals surface area contributed by atoms with Crippen molar-refractivity contribution in [1.29, 1.82) is 0 Å². The normalized spacial score (nSPS) is 10.7. The van der Waals surface area contributed by atoms with E-state index in [4.69, 9.17) is 21.1 Å². The summed E-state index contributed by atoms with van der Waals surface area (Å²) in [6.07, 6.45) is 3.58. The maximum atomic E-state index is 13.7. The number of ether oxygens (including phenoxy) is 2. The molecule has 2 aromatic rings. The summed E-state index contributed by atoms with van der Waals surface area (Å²) in [7, 11) is 1.57. The Bertz CT molecular complexity index is 679. The highest BCUT2D eigenvalue weighted by atomic mass is 35.5. The van der Waals surface area contributed by atoms with E-state index >= 15 is 0 Å². The Balaban J connectivity index is 2.02. The van der Waals surface area contributed by atoms with E-state index in [2.05, 4.69) is 12.2 Å². The Morgan fingerprint density at radius 1 is 1.16 bits per heavy atom. The first-order valence-corrected chi connectivity index (χ1v) is 8.96. The van der Waals surface area contributed by atoms with Gasteiger partial charge in [0.1, 0.15) is 12.4 Å². The lowest BCUT2D eigenvalue weighted by Crippen LogP contribution is -2.14. The summed E-state index contributed by atoms with van der Waals surface area (Å²) >= 11 is 6.36. The highest BCUT2D eigenvalue weighted by Gasteiger charge is 2.13. The molecule has 5 heteroatoms. The second-order valence-corrected chi connectivity index (χ2v) is 6.28. The van der Waals surface area contributed by atoms with Crippen molar-refractivity contribution in [3.63, 3.8) is 0 Å². The fourth-order valence-corrected chi connectivity index (χ4v) is 2.80.